The number of non-ortho nitro benzene ring substituents is 1. The first-order valence-corrected chi connectivity index (χ1v) is 5.26. The molecule has 0 aliphatic carbocycles. The second kappa shape index (κ2) is 4.48. The van der Waals surface area contributed by atoms with E-state index in [1.165, 1.54) is 29.2 Å². The van der Waals surface area contributed by atoms with Crippen LogP contribution in [-0.2, 0) is 4.79 Å². The number of nitro groups is 1. The first kappa shape index (κ1) is 11.5. The molecule has 0 spiro atoms. The molecule has 5 nitrogen and oxygen atoms in total. The van der Waals surface area contributed by atoms with Gasteiger partial charge < -0.3 is 4.90 Å². The highest BCUT2D eigenvalue weighted by molar-refractivity contribution is 5.96. The van der Waals surface area contributed by atoms with Crippen LogP contribution in [0.1, 0.15) is 12.8 Å². The topological polar surface area (TPSA) is 63.5 Å². The zero-order chi connectivity index (χ0) is 12.4. The zero-order valence-corrected chi connectivity index (χ0v) is 9.01. The van der Waals surface area contributed by atoms with Gasteiger partial charge in [0.2, 0.25) is 5.91 Å². The zero-order valence-electron chi connectivity index (χ0n) is 9.01. The summed E-state index contributed by atoms with van der Waals surface area (Å²) >= 11 is 0. The fourth-order valence-electron chi connectivity index (χ4n) is 1.98. The fraction of sp³-hybridized carbons (Fsp3) is 0.364. The van der Waals surface area contributed by atoms with Gasteiger partial charge in [0.15, 0.2) is 0 Å². The Morgan fingerprint density at radius 1 is 1.41 bits per heavy atom. The third-order valence-corrected chi connectivity index (χ3v) is 2.84. The van der Waals surface area contributed by atoms with Crippen molar-refractivity contribution in [2.45, 2.75) is 18.9 Å². The smallest absolute Gasteiger partial charge is 0.269 e. The van der Waals surface area contributed by atoms with Gasteiger partial charge in [-0.05, 0) is 18.6 Å². The second-order valence-electron chi connectivity index (χ2n) is 3.88. The van der Waals surface area contributed by atoms with Gasteiger partial charge >= 0.3 is 0 Å². The monoisotopic (exact) mass is 238 g/mol. The van der Waals surface area contributed by atoms with Gasteiger partial charge in [-0.2, -0.15) is 0 Å². The molecular weight excluding hydrogens is 227 g/mol. The molecular formula is C11H11FN2O3. The SMILES string of the molecule is O=C1CC[C@H](CF)N1c1ccc([N+](=O)[O-])cc1. The molecule has 1 aliphatic rings. The predicted octanol–water partition coefficient (Wildman–Crippen LogP) is 2.06. The molecule has 0 radical (unpaired) electrons. The standard InChI is InChI=1S/C11H11FN2O3/c12-7-10-5-6-11(15)13(10)8-1-3-9(4-2-8)14(16)17/h1-4,10H,5-7H2/t10-/m1/s1. The molecule has 1 aromatic carbocycles. The summed E-state index contributed by atoms with van der Waals surface area (Å²) in [6.45, 7) is -0.595. The number of carbonyl (C=O) groups excluding carboxylic acids is 1. The Balaban J connectivity index is 2.27. The lowest BCUT2D eigenvalue weighted by Crippen LogP contribution is -2.34. The van der Waals surface area contributed by atoms with Gasteiger partial charge in [-0.25, -0.2) is 4.39 Å². The molecule has 2 rings (SSSR count). The highest BCUT2D eigenvalue weighted by Gasteiger charge is 2.32. The van der Waals surface area contributed by atoms with Crippen molar-refractivity contribution in [1.29, 1.82) is 0 Å². The largest absolute Gasteiger partial charge is 0.307 e. The number of anilines is 1. The molecule has 1 aromatic rings. The Bertz CT molecular complexity index is 447. The fourth-order valence-corrected chi connectivity index (χ4v) is 1.98. The molecule has 1 aliphatic heterocycles. The summed E-state index contributed by atoms with van der Waals surface area (Å²) in [6, 6.07) is 5.14. The summed E-state index contributed by atoms with van der Waals surface area (Å²) in [4.78, 5) is 22.9. The number of rotatable bonds is 3. The van der Waals surface area contributed by atoms with E-state index in [4.69, 9.17) is 0 Å². The maximum atomic E-state index is 12.7. The molecule has 1 amide bonds. The molecule has 6 heteroatoms. The van der Waals surface area contributed by atoms with Crippen LogP contribution in [-0.4, -0.2) is 23.5 Å². The van der Waals surface area contributed by atoms with E-state index < -0.39 is 17.6 Å². The van der Waals surface area contributed by atoms with Crippen molar-refractivity contribution in [2.75, 3.05) is 11.6 Å². The molecule has 1 saturated heterocycles. The summed E-state index contributed by atoms with van der Waals surface area (Å²) in [5.41, 5.74) is 0.470. The number of halogens is 1. The minimum absolute atomic E-state index is 0.0443. The molecule has 90 valence electrons. The van der Waals surface area contributed by atoms with Crippen molar-refractivity contribution in [3.8, 4) is 0 Å². The van der Waals surface area contributed by atoms with Crippen LogP contribution in [0.2, 0.25) is 0 Å². The summed E-state index contributed by atoms with van der Waals surface area (Å²) in [5, 5.41) is 10.5. The Kier molecular flexibility index (Phi) is 3.03. The van der Waals surface area contributed by atoms with E-state index >= 15 is 0 Å². The summed E-state index contributed by atoms with van der Waals surface area (Å²) in [6.07, 6.45) is 0.817. The Hall–Kier alpha value is -1.98. The number of benzene rings is 1. The van der Waals surface area contributed by atoms with E-state index in [-0.39, 0.29) is 11.6 Å². The lowest BCUT2D eigenvalue weighted by molar-refractivity contribution is -0.384. The number of nitrogens with zero attached hydrogens (tertiary/aromatic N) is 2. The van der Waals surface area contributed by atoms with Crippen LogP contribution in [0.5, 0.6) is 0 Å². The molecule has 1 heterocycles. The summed E-state index contributed by atoms with van der Waals surface area (Å²) in [7, 11) is 0. The van der Waals surface area contributed by atoms with Gasteiger partial charge in [0.25, 0.3) is 5.69 Å². The second-order valence-corrected chi connectivity index (χ2v) is 3.88. The van der Waals surface area contributed by atoms with E-state index in [0.717, 1.165) is 0 Å². The number of hydrogen-bond donors (Lipinski definition) is 0. The van der Waals surface area contributed by atoms with Crippen LogP contribution in [0, 0.1) is 10.1 Å². The van der Waals surface area contributed by atoms with Gasteiger partial charge in [-0.15, -0.1) is 0 Å². The predicted molar refractivity (Wildman–Crippen MR) is 59.6 cm³/mol. The minimum atomic E-state index is -0.595. The lowest BCUT2D eigenvalue weighted by Gasteiger charge is -2.22. The van der Waals surface area contributed by atoms with Crippen molar-refractivity contribution >= 4 is 17.3 Å². The van der Waals surface area contributed by atoms with Crippen molar-refractivity contribution < 1.29 is 14.1 Å². The lowest BCUT2D eigenvalue weighted by atomic mass is 10.2. The quantitative estimate of drug-likeness (QED) is 0.598. The van der Waals surface area contributed by atoms with Gasteiger partial charge in [0.05, 0.1) is 11.0 Å². The number of carbonyl (C=O) groups is 1. The number of nitro benzene ring substituents is 1. The van der Waals surface area contributed by atoms with Crippen LogP contribution < -0.4 is 4.90 Å². The van der Waals surface area contributed by atoms with Crippen molar-refractivity contribution in [3.63, 3.8) is 0 Å². The van der Waals surface area contributed by atoms with Crippen LogP contribution in [0.25, 0.3) is 0 Å². The van der Waals surface area contributed by atoms with Gasteiger partial charge in [0, 0.05) is 24.2 Å². The van der Waals surface area contributed by atoms with E-state index in [1.807, 2.05) is 0 Å². The van der Waals surface area contributed by atoms with Crippen molar-refractivity contribution in [2.24, 2.45) is 0 Å². The summed E-state index contributed by atoms with van der Waals surface area (Å²) < 4.78 is 12.7. The maximum absolute atomic E-state index is 12.7. The molecule has 17 heavy (non-hydrogen) atoms. The van der Waals surface area contributed by atoms with Crippen LogP contribution in [0.15, 0.2) is 24.3 Å². The molecule has 0 unspecified atom stereocenters. The highest BCUT2D eigenvalue weighted by Crippen LogP contribution is 2.28. The Morgan fingerprint density at radius 2 is 2.06 bits per heavy atom. The number of alkyl halides is 1. The van der Waals surface area contributed by atoms with E-state index in [0.29, 0.717) is 18.5 Å². The average Bonchev–Trinajstić information content (AvgIpc) is 2.70. The van der Waals surface area contributed by atoms with Gasteiger partial charge in [-0.1, -0.05) is 0 Å². The molecule has 0 N–H and O–H groups in total. The Labute approximate surface area is 97.0 Å². The van der Waals surface area contributed by atoms with Gasteiger partial charge in [-0.3, -0.25) is 14.9 Å². The molecule has 0 saturated carbocycles. The first-order valence-electron chi connectivity index (χ1n) is 5.26. The van der Waals surface area contributed by atoms with Crippen LogP contribution in [0.4, 0.5) is 15.8 Å². The van der Waals surface area contributed by atoms with E-state index in [9.17, 15) is 19.3 Å². The third-order valence-electron chi connectivity index (χ3n) is 2.84. The van der Waals surface area contributed by atoms with E-state index in [2.05, 4.69) is 0 Å². The number of hydrogen-bond acceptors (Lipinski definition) is 3. The highest BCUT2D eigenvalue weighted by atomic mass is 19.1. The molecule has 1 fully saturated rings. The first-order chi connectivity index (χ1) is 8.13. The van der Waals surface area contributed by atoms with Gasteiger partial charge in [0.1, 0.15) is 6.67 Å². The summed E-state index contributed by atoms with van der Waals surface area (Å²) in [5.74, 6) is -0.137. The molecule has 0 aromatic heterocycles. The molecule has 1 atom stereocenters. The molecule has 0 bridgehead atoms. The minimum Gasteiger partial charge on any atom is -0.307 e. The van der Waals surface area contributed by atoms with Crippen molar-refractivity contribution in [1.82, 2.24) is 0 Å². The van der Waals surface area contributed by atoms with Crippen LogP contribution in [0.3, 0.4) is 0 Å². The Morgan fingerprint density at radius 3 is 2.59 bits per heavy atom. The average molecular weight is 238 g/mol. The van der Waals surface area contributed by atoms with Crippen LogP contribution >= 0.6 is 0 Å². The van der Waals surface area contributed by atoms with E-state index in [1.54, 1.807) is 0 Å². The third kappa shape index (κ3) is 2.11. The normalized spacial score (nSPS) is 19.7. The number of amides is 1. The van der Waals surface area contributed by atoms with Crippen molar-refractivity contribution in [3.05, 3.63) is 34.4 Å². The maximum Gasteiger partial charge on any atom is 0.269 e.